The molecule has 104 valence electrons. The zero-order valence-electron chi connectivity index (χ0n) is 12.4. The lowest BCUT2D eigenvalue weighted by atomic mass is 9.60. The zero-order chi connectivity index (χ0) is 13.7. The standard InChI is InChI=1S/C15H26O.C2H4/c1-10-4-6-13-11(2)5-7-14(12(3)9-16)15(13)8-10;1-2/h8,11-16H,4-7,9H2,1-3H3;1-2H2/t11-,12+,13?,14?,15?;/m1./s1. The number of hydrogen-bond acceptors (Lipinski definition) is 1. The smallest absolute Gasteiger partial charge is 0.0459 e. The summed E-state index contributed by atoms with van der Waals surface area (Å²) >= 11 is 0. The molecule has 1 fully saturated rings. The van der Waals surface area contributed by atoms with Gasteiger partial charge in [0.1, 0.15) is 0 Å². The molecule has 0 aromatic heterocycles. The highest BCUT2D eigenvalue weighted by Gasteiger charge is 2.39. The first-order valence-corrected chi connectivity index (χ1v) is 7.41. The van der Waals surface area contributed by atoms with Crippen molar-refractivity contribution >= 4 is 0 Å². The molecule has 0 saturated heterocycles. The minimum Gasteiger partial charge on any atom is -0.396 e. The number of fused-ring (bicyclic) bond motifs is 1. The summed E-state index contributed by atoms with van der Waals surface area (Å²) in [5, 5.41) is 9.39. The minimum atomic E-state index is 0.356. The van der Waals surface area contributed by atoms with Gasteiger partial charge < -0.3 is 5.11 Å². The third-order valence-electron chi connectivity index (χ3n) is 5.04. The van der Waals surface area contributed by atoms with Crippen LogP contribution in [0.3, 0.4) is 0 Å². The lowest BCUT2D eigenvalue weighted by Gasteiger charge is -2.45. The summed E-state index contributed by atoms with van der Waals surface area (Å²) in [5.74, 6) is 3.72. The summed E-state index contributed by atoms with van der Waals surface area (Å²) in [7, 11) is 0. The lowest BCUT2D eigenvalue weighted by Crippen LogP contribution is -2.38. The molecule has 0 amide bonds. The fraction of sp³-hybridized carbons (Fsp3) is 0.765. The fourth-order valence-electron chi connectivity index (χ4n) is 3.89. The van der Waals surface area contributed by atoms with Crippen LogP contribution >= 0.6 is 0 Å². The van der Waals surface area contributed by atoms with Gasteiger partial charge in [-0.15, -0.1) is 13.2 Å². The molecule has 1 N–H and O–H groups in total. The van der Waals surface area contributed by atoms with E-state index in [0.717, 1.165) is 23.7 Å². The fourth-order valence-corrected chi connectivity index (χ4v) is 3.89. The third-order valence-corrected chi connectivity index (χ3v) is 5.04. The monoisotopic (exact) mass is 250 g/mol. The summed E-state index contributed by atoms with van der Waals surface area (Å²) in [4.78, 5) is 0. The molecule has 2 aliphatic rings. The van der Waals surface area contributed by atoms with Crippen LogP contribution in [0.2, 0.25) is 0 Å². The maximum Gasteiger partial charge on any atom is 0.0459 e. The van der Waals surface area contributed by atoms with E-state index in [1.807, 2.05) is 0 Å². The summed E-state index contributed by atoms with van der Waals surface area (Å²) in [5.41, 5.74) is 1.57. The molecule has 1 heteroatoms. The van der Waals surface area contributed by atoms with Crippen molar-refractivity contribution in [3.8, 4) is 0 Å². The van der Waals surface area contributed by atoms with Crippen LogP contribution in [-0.2, 0) is 0 Å². The third kappa shape index (κ3) is 3.26. The van der Waals surface area contributed by atoms with Gasteiger partial charge in [-0.25, -0.2) is 0 Å². The largest absolute Gasteiger partial charge is 0.396 e. The second kappa shape index (κ2) is 7.13. The molecule has 0 aromatic carbocycles. The quantitative estimate of drug-likeness (QED) is 0.719. The Morgan fingerprint density at radius 1 is 1.33 bits per heavy atom. The van der Waals surface area contributed by atoms with Crippen molar-refractivity contribution in [2.24, 2.45) is 29.6 Å². The number of allylic oxidation sites excluding steroid dienone is 2. The summed E-state index contributed by atoms with van der Waals surface area (Å²) in [6, 6.07) is 0. The van der Waals surface area contributed by atoms with E-state index in [2.05, 4.69) is 40.0 Å². The lowest BCUT2D eigenvalue weighted by molar-refractivity contribution is 0.0590. The van der Waals surface area contributed by atoms with Gasteiger partial charge in [0.2, 0.25) is 0 Å². The molecular weight excluding hydrogens is 220 g/mol. The zero-order valence-corrected chi connectivity index (χ0v) is 12.4. The number of rotatable bonds is 2. The highest BCUT2D eigenvalue weighted by atomic mass is 16.3. The van der Waals surface area contributed by atoms with Crippen LogP contribution in [0.4, 0.5) is 0 Å². The molecule has 5 atom stereocenters. The minimum absolute atomic E-state index is 0.356. The Bertz CT molecular complexity index is 281. The Morgan fingerprint density at radius 3 is 2.61 bits per heavy atom. The van der Waals surface area contributed by atoms with Gasteiger partial charge in [-0.05, 0) is 55.8 Å². The first-order valence-electron chi connectivity index (χ1n) is 7.41. The van der Waals surface area contributed by atoms with Crippen LogP contribution < -0.4 is 0 Å². The molecular formula is C17H30O. The van der Waals surface area contributed by atoms with E-state index < -0.39 is 0 Å². The van der Waals surface area contributed by atoms with Crippen molar-refractivity contribution in [3.63, 3.8) is 0 Å². The topological polar surface area (TPSA) is 20.2 Å². The van der Waals surface area contributed by atoms with Gasteiger partial charge in [0, 0.05) is 6.61 Å². The first kappa shape index (κ1) is 15.5. The van der Waals surface area contributed by atoms with Crippen molar-refractivity contribution in [1.82, 2.24) is 0 Å². The average molecular weight is 250 g/mol. The average Bonchev–Trinajstić information content (AvgIpc) is 2.40. The normalized spacial score (nSPS) is 36.8. The molecule has 0 aliphatic heterocycles. The van der Waals surface area contributed by atoms with Gasteiger partial charge in [0.05, 0.1) is 0 Å². The summed E-state index contributed by atoms with van der Waals surface area (Å²) < 4.78 is 0. The molecule has 0 bridgehead atoms. The number of hydrogen-bond donors (Lipinski definition) is 1. The van der Waals surface area contributed by atoms with Gasteiger partial charge in [0.15, 0.2) is 0 Å². The first-order chi connectivity index (χ1) is 8.63. The summed E-state index contributed by atoms with van der Waals surface area (Å²) in [6.07, 6.45) is 7.88. The second-order valence-corrected chi connectivity index (χ2v) is 6.17. The van der Waals surface area contributed by atoms with E-state index >= 15 is 0 Å². The van der Waals surface area contributed by atoms with Crippen LogP contribution in [0.5, 0.6) is 0 Å². The molecule has 0 heterocycles. The van der Waals surface area contributed by atoms with E-state index in [-0.39, 0.29) is 0 Å². The molecule has 1 nitrogen and oxygen atoms in total. The van der Waals surface area contributed by atoms with Gasteiger partial charge in [-0.3, -0.25) is 0 Å². The van der Waals surface area contributed by atoms with Crippen LogP contribution in [-0.4, -0.2) is 11.7 Å². The number of aliphatic hydroxyl groups excluding tert-OH is 1. The van der Waals surface area contributed by atoms with Crippen molar-refractivity contribution in [3.05, 3.63) is 24.8 Å². The van der Waals surface area contributed by atoms with E-state index in [9.17, 15) is 5.11 Å². The van der Waals surface area contributed by atoms with E-state index in [4.69, 9.17) is 0 Å². The van der Waals surface area contributed by atoms with E-state index in [1.54, 1.807) is 5.57 Å². The van der Waals surface area contributed by atoms with Gasteiger partial charge in [-0.1, -0.05) is 31.9 Å². The molecule has 0 spiro atoms. The predicted octanol–water partition coefficient (Wildman–Crippen LogP) is 4.44. The molecule has 0 radical (unpaired) electrons. The van der Waals surface area contributed by atoms with E-state index in [1.165, 1.54) is 25.7 Å². The summed E-state index contributed by atoms with van der Waals surface area (Å²) in [6.45, 7) is 13.3. The molecule has 0 aromatic rings. The highest BCUT2D eigenvalue weighted by molar-refractivity contribution is 5.11. The maximum atomic E-state index is 9.39. The Balaban J connectivity index is 0.000000771. The highest BCUT2D eigenvalue weighted by Crippen LogP contribution is 2.47. The van der Waals surface area contributed by atoms with Gasteiger partial charge in [-0.2, -0.15) is 0 Å². The van der Waals surface area contributed by atoms with Crippen molar-refractivity contribution in [2.45, 2.75) is 46.5 Å². The Labute approximate surface area is 113 Å². The van der Waals surface area contributed by atoms with Crippen molar-refractivity contribution < 1.29 is 5.11 Å². The SMILES string of the molecule is C=C.CC1=CC2C(CC1)[C@H](C)CCC2[C@@H](C)CO. The van der Waals surface area contributed by atoms with Gasteiger partial charge in [0.25, 0.3) is 0 Å². The molecule has 3 unspecified atom stereocenters. The molecule has 1 saturated carbocycles. The van der Waals surface area contributed by atoms with Crippen molar-refractivity contribution in [1.29, 1.82) is 0 Å². The Morgan fingerprint density at radius 2 is 2.00 bits per heavy atom. The Hall–Kier alpha value is -0.560. The second-order valence-electron chi connectivity index (χ2n) is 6.17. The van der Waals surface area contributed by atoms with Crippen LogP contribution in [0.1, 0.15) is 46.5 Å². The van der Waals surface area contributed by atoms with Crippen molar-refractivity contribution in [2.75, 3.05) is 6.61 Å². The number of aliphatic hydroxyl groups is 1. The predicted molar refractivity (Wildman–Crippen MR) is 79.4 cm³/mol. The Kier molecular flexibility index (Phi) is 6.14. The molecule has 2 rings (SSSR count). The molecule has 2 aliphatic carbocycles. The van der Waals surface area contributed by atoms with Crippen LogP contribution in [0.25, 0.3) is 0 Å². The maximum absolute atomic E-state index is 9.39. The van der Waals surface area contributed by atoms with Crippen LogP contribution in [0.15, 0.2) is 24.8 Å². The molecule has 18 heavy (non-hydrogen) atoms. The van der Waals surface area contributed by atoms with E-state index in [0.29, 0.717) is 12.5 Å². The van der Waals surface area contributed by atoms with Crippen LogP contribution in [0, 0.1) is 29.6 Å². The van der Waals surface area contributed by atoms with Gasteiger partial charge >= 0.3 is 0 Å².